The summed E-state index contributed by atoms with van der Waals surface area (Å²) in [5.41, 5.74) is 7.78. The highest BCUT2D eigenvalue weighted by molar-refractivity contribution is 7.80. The summed E-state index contributed by atoms with van der Waals surface area (Å²) in [5, 5.41) is 0. The van der Waals surface area contributed by atoms with E-state index in [1.807, 2.05) is 90.9 Å². The van der Waals surface area contributed by atoms with E-state index in [-0.39, 0.29) is 0 Å². The van der Waals surface area contributed by atoms with Crippen LogP contribution in [0.3, 0.4) is 0 Å². The van der Waals surface area contributed by atoms with E-state index in [1.165, 1.54) is 0 Å². The summed E-state index contributed by atoms with van der Waals surface area (Å²) in [6.45, 7) is 13.4. The summed E-state index contributed by atoms with van der Waals surface area (Å²) >= 11 is 0. The molecule has 0 saturated heterocycles. The van der Waals surface area contributed by atoms with Gasteiger partial charge in [0.15, 0.2) is 0 Å². The van der Waals surface area contributed by atoms with Crippen molar-refractivity contribution in [3.05, 3.63) is 92.5 Å². The van der Waals surface area contributed by atoms with Gasteiger partial charge in [0.2, 0.25) is 0 Å². The molecule has 0 radical (unpaired) electrons. The average molecular weight is 431 g/mol. The number of rotatable bonds is 5. The van der Waals surface area contributed by atoms with Crippen molar-refractivity contribution in [3.63, 3.8) is 0 Å². The molecule has 0 amide bonds. The van der Waals surface area contributed by atoms with Crippen molar-refractivity contribution in [1.29, 1.82) is 0 Å². The fourth-order valence-corrected chi connectivity index (χ4v) is 5.88. The van der Waals surface area contributed by atoms with Crippen LogP contribution in [0.1, 0.15) is 59.7 Å². The van der Waals surface area contributed by atoms with E-state index in [2.05, 4.69) is 0 Å². The third-order valence-corrected chi connectivity index (χ3v) is 7.04. The standard InChI is InChI=1S/C27H28O3P/c1-15-12-17(3)23(18(4)13-15)26(28)31(30)27(29)25-20(6)14-19(5)24(21(25)7)22-11-9-8-10-16(22)2/h8-14H,1-7H3/q+1. The zero-order chi connectivity index (χ0) is 23.0. The third-order valence-electron chi connectivity index (χ3n) is 5.86. The normalized spacial score (nSPS) is 11.4. The minimum absolute atomic E-state index is 0.390. The van der Waals surface area contributed by atoms with Crippen LogP contribution in [0.25, 0.3) is 11.1 Å². The van der Waals surface area contributed by atoms with Crippen LogP contribution < -0.4 is 0 Å². The first-order valence-electron chi connectivity index (χ1n) is 10.3. The van der Waals surface area contributed by atoms with Crippen molar-refractivity contribution in [2.75, 3.05) is 0 Å². The molecule has 0 bridgehead atoms. The predicted octanol–water partition coefficient (Wildman–Crippen LogP) is 7.32. The van der Waals surface area contributed by atoms with Crippen molar-refractivity contribution >= 4 is 18.8 Å². The van der Waals surface area contributed by atoms with Crippen LogP contribution in [0.2, 0.25) is 0 Å². The highest BCUT2D eigenvalue weighted by atomic mass is 31.1. The smallest absolute Gasteiger partial charge is 0.234 e. The summed E-state index contributed by atoms with van der Waals surface area (Å²) in [6, 6.07) is 13.7. The molecule has 0 aliphatic carbocycles. The molecule has 158 valence electrons. The van der Waals surface area contributed by atoms with Gasteiger partial charge in [-0.3, -0.25) is 0 Å². The second-order valence-electron chi connectivity index (χ2n) is 8.38. The first kappa shape index (κ1) is 22.8. The molecule has 0 aliphatic heterocycles. The summed E-state index contributed by atoms with van der Waals surface area (Å²) in [5.74, 6) is 0. The van der Waals surface area contributed by atoms with E-state index >= 15 is 0 Å². The molecule has 1 atom stereocenters. The lowest BCUT2D eigenvalue weighted by molar-refractivity contribution is 0.104. The maximum Gasteiger partial charge on any atom is 0.501 e. The minimum Gasteiger partial charge on any atom is -0.234 e. The molecule has 0 aliphatic rings. The van der Waals surface area contributed by atoms with Gasteiger partial charge in [0.05, 0.1) is 11.1 Å². The number of hydrogen-bond donors (Lipinski definition) is 0. The molecule has 1 unspecified atom stereocenters. The highest BCUT2D eigenvalue weighted by Crippen LogP contribution is 2.40. The third kappa shape index (κ3) is 4.16. The second kappa shape index (κ2) is 8.69. The van der Waals surface area contributed by atoms with Crippen LogP contribution in [0.5, 0.6) is 0 Å². The van der Waals surface area contributed by atoms with Gasteiger partial charge in [-0.15, -0.1) is 0 Å². The Morgan fingerprint density at radius 3 is 1.74 bits per heavy atom. The van der Waals surface area contributed by atoms with Gasteiger partial charge in [-0.2, -0.15) is 0 Å². The van der Waals surface area contributed by atoms with Gasteiger partial charge >= 0.3 is 18.8 Å². The Kier molecular flexibility index (Phi) is 6.38. The Morgan fingerprint density at radius 2 is 1.16 bits per heavy atom. The molecule has 3 nitrogen and oxygen atoms in total. The molecule has 0 fully saturated rings. The van der Waals surface area contributed by atoms with Crippen LogP contribution in [0.15, 0.2) is 42.5 Å². The fourth-order valence-electron chi connectivity index (χ4n) is 4.60. The van der Waals surface area contributed by atoms with Crippen molar-refractivity contribution in [3.8, 4) is 11.1 Å². The number of carbonyl (C=O) groups is 2. The van der Waals surface area contributed by atoms with Gasteiger partial charge in [0, 0.05) is 0 Å². The lowest BCUT2D eigenvalue weighted by Crippen LogP contribution is -2.09. The predicted molar refractivity (Wildman–Crippen MR) is 128 cm³/mol. The molecule has 0 aromatic heterocycles. The monoisotopic (exact) mass is 431 g/mol. The van der Waals surface area contributed by atoms with Gasteiger partial charge in [0.25, 0.3) is 0 Å². The highest BCUT2D eigenvalue weighted by Gasteiger charge is 2.43. The maximum absolute atomic E-state index is 13.4. The Morgan fingerprint density at radius 1 is 0.645 bits per heavy atom. The number of hydrogen-bond acceptors (Lipinski definition) is 3. The number of carbonyl (C=O) groups excluding carboxylic acids is 2. The van der Waals surface area contributed by atoms with Gasteiger partial charge < -0.3 is 0 Å². The molecule has 31 heavy (non-hydrogen) atoms. The quantitative estimate of drug-likeness (QED) is 0.398. The van der Waals surface area contributed by atoms with Crippen molar-refractivity contribution in [2.24, 2.45) is 0 Å². The first-order chi connectivity index (χ1) is 14.5. The van der Waals surface area contributed by atoms with Crippen LogP contribution >= 0.6 is 7.80 Å². The lowest BCUT2D eigenvalue weighted by Gasteiger charge is -2.16. The van der Waals surface area contributed by atoms with Crippen LogP contribution in [0, 0.1) is 48.5 Å². The van der Waals surface area contributed by atoms with Crippen molar-refractivity contribution in [1.82, 2.24) is 0 Å². The summed E-state index contributed by atoms with van der Waals surface area (Å²) < 4.78 is 13.2. The van der Waals surface area contributed by atoms with Crippen molar-refractivity contribution in [2.45, 2.75) is 48.5 Å². The Hall–Kier alpha value is -2.90. The van der Waals surface area contributed by atoms with E-state index in [9.17, 15) is 14.2 Å². The molecule has 3 aromatic rings. The van der Waals surface area contributed by atoms with Gasteiger partial charge in [-0.25, -0.2) is 9.59 Å². The number of aryl methyl sites for hydroxylation is 6. The maximum atomic E-state index is 13.4. The molecule has 0 heterocycles. The Balaban J connectivity index is 2.12. The molecule has 0 N–H and O–H groups in total. The summed E-state index contributed by atoms with van der Waals surface area (Å²) in [7, 11) is -2.76. The molecule has 3 aromatic carbocycles. The number of benzene rings is 3. The van der Waals surface area contributed by atoms with E-state index in [0.29, 0.717) is 11.1 Å². The van der Waals surface area contributed by atoms with E-state index in [1.54, 1.807) is 0 Å². The summed E-state index contributed by atoms with van der Waals surface area (Å²) in [6.07, 6.45) is 0. The molecular formula is C27H28O3P+. The van der Waals surface area contributed by atoms with Crippen LogP contribution in [-0.4, -0.2) is 11.0 Å². The van der Waals surface area contributed by atoms with Gasteiger partial charge in [-0.05, 0) is 93.0 Å². The lowest BCUT2D eigenvalue weighted by atomic mass is 9.88. The second-order valence-corrected chi connectivity index (χ2v) is 9.78. The van der Waals surface area contributed by atoms with Crippen LogP contribution in [-0.2, 0) is 4.57 Å². The molecule has 4 heteroatoms. The van der Waals surface area contributed by atoms with Gasteiger partial charge in [0.1, 0.15) is 0 Å². The largest absolute Gasteiger partial charge is 0.501 e. The van der Waals surface area contributed by atoms with E-state index in [4.69, 9.17) is 0 Å². The molecule has 0 saturated carbocycles. The van der Waals surface area contributed by atoms with E-state index in [0.717, 1.165) is 50.1 Å². The zero-order valence-corrected chi connectivity index (χ0v) is 20.1. The minimum atomic E-state index is -2.76. The Bertz CT molecular complexity index is 1230. The zero-order valence-electron chi connectivity index (χ0n) is 19.2. The average Bonchev–Trinajstić information content (AvgIpc) is 2.67. The first-order valence-corrected chi connectivity index (χ1v) is 11.6. The SMILES string of the molecule is Cc1cc(C)c(C(=O)[P+](=O)C(=O)c2c(C)cc(C)c(-c3ccccc3C)c2C)c(C)c1. The van der Waals surface area contributed by atoms with Gasteiger partial charge in [-0.1, -0.05) is 52.6 Å². The fraction of sp³-hybridized carbons (Fsp3) is 0.259. The molecular weight excluding hydrogens is 403 g/mol. The molecule has 3 rings (SSSR count). The van der Waals surface area contributed by atoms with Crippen molar-refractivity contribution < 1.29 is 14.2 Å². The summed E-state index contributed by atoms with van der Waals surface area (Å²) in [4.78, 5) is 26.5. The Labute approximate surface area is 185 Å². The molecule has 0 spiro atoms. The van der Waals surface area contributed by atoms with Crippen LogP contribution in [0.4, 0.5) is 0 Å². The topological polar surface area (TPSA) is 51.2 Å². The van der Waals surface area contributed by atoms with E-state index < -0.39 is 18.8 Å².